The number of nitro groups is 1. The maximum atomic E-state index is 12.7. The monoisotopic (exact) mass is 482 g/mol. The second-order valence-electron chi connectivity index (χ2n) is 8.49. The summed E-state index contributed by atoms with van der Waals surface area (Å²) >= 11 is 1.38. The fourth-order valence-corrected chi connectivity index (χ4v) is 5.12. The van der Waals surface area contributed by atoms with Gasteiger partial charge in [0.05, 0.1) is 22.3 Å². The van der Waals surface area contributed by atoms with E-state index in [0.717, 1.165) is 16.9 Å². The maximum Gasteiger partial charge on any atom is 0.310 e. The van der Waals surface area contributed by atoms with E-state index in [9.17, 15) is 19.7 Å². The first-order valence-electron chi connectivity index (χ1n) is 11.5. The lowest BCUT2D eigenvalue weighted by Crippen LogP contribution is -2.42. The average Bonchev–Trinajstić information content (AvgIpc) is 2.83. The van der Waals surface area contributed by atoms with Crippen molar-refractivity contribution in [3.63, 3.8) is 0 Å². The van der Waals surface area contributed by atoms with Gasteiger partial charge in [0.15, 0.2) is 0 Å². The molecule has 8 heteroatoms. The molecule has 0 aromatic heterocycles. The van der Waals surface area contributed by atoms with Crippen LogP contribution in [0.15, 0.2) is 58.3 Å². The Hall–Kier alpha value is -3.13. The number of piperidine rings is 1. The summed E-state index contributed by atoms with van der Waals surface area (Å²) in [5.41, 5.74) is 1.71. The second kappa shape index (κ2) is 11.8. The van der Waals surface area contributed by atoms with Crippen LogP contribution in [0, 0.1) is 16.0 Å². The van der Waals surface area contributed by atoms with Crippen molar-refractivity contribution in [3.05, 3.63) is 69.8 Å². The normalized spacial score (nSPS) is 16.1. The van der Waals surface area contributed by atoms with Crippen LogP contribution in [0.4, 0.5) is 5.69 Å². The third kappa shape index (κ3) is 6.47. The summed E-state index contributed by atoms with van der Waals surface area (Å²) in [6.45, 7) is 7.17. The van der Waals surface area contributed by atoms with Gasteiger partial charge in [-0.25, -0.2) is 0 Å². The molecule has 3 rings (SSSR count). The zero-order valence-electron chi connectivity index (χ0n) is 19.7. The quantitative estimate of drug-likeness (QED) is 0.208. The van der Waals surface area contributed by atoms with Gasteiger partial charge >= 0.3 is 5.97 Å². The molecule has 7 nitrogen and oxygen atoms in total. The van der Waals surface area contributed by atoms with E-state index in [1.807, 2.05) is 24.3 Å². The minimum atomic E-state index is -0.395. The Bertz CT molecular complexity index is 1080. The highest BCUT2D eigenvalue weighted by atomic mass is 32.2. The van der Waals surface area contributed by atoms with Gasteiger partial charge in [-0.05, 0) is 55.0 Å². The van der Waals surface area contributed by atoms with E-state index in [1.54, 1.807) is 30.0 Å². The van der Waals surface area contributed by atoms with Gasteiger partial charge in [0.2, 0.25) is 5.91 Å². The second-order valence-corrected chi connectivity index (χ2v) is 9.57. The average molecular weight is 483 g/mol. The first-order valence-corrected chi connectivity index (χ1v) is 12.3. The number of hydrogen-bond donors (Lipinski definition) is 0. The lowest BCUT2D eigenvalue weighted by Gasteiger charge is -2.30. The minimum absolute atomic E-state index is 0.00138. The van der Waals surface area contributed by atoms with Crippen molar-refractivity contribution in [2.75, 3.05) is 19.7 Å². The largest absolute Gasteiger partial charge is 0.466 e. The standard InChI is InChI=1S/C26H30N2O5S/c1-4-33-26(30)20-8-7-15-27(17-20)25(29)14-12-19-11-13-24(22(16-19)28(31)32)34-23-10-6-5-9-21(23)18(2)3/h5-6,9-14,16,18,20H,4,7-8,15,17H2,1-3H3/b14-12+. The number of esters is 1. The van der Waals surface area contributed by atoms with E-state index in [1.165, 1.54) is 23.9 Å². The fourth-order valence-electron chi connectivity index (χ4n) is 3.94. The molecule has 0 N–H and O–H groups in total. The number of amides is 1. The molecule has 1 fully saturated rings. The molecule has 180 valence electrons. The van der Waals surface area contributed by atoms with E-state index in [-0.39, 0.29) is 23.5 Å². The molecule has 1 heterocycles. The van der Waals surface area contributed by atoms with Gasteiger partial charge in [0.25, 0.3) is 5.69 Å². The molecule has 1 aliphatic heterocycles. The highest BCUT2D eigenvalue weighted by molar-refractivity contribution is 7.99. The predicted molar refractivity (Wildman–Crippen MR) is 133 cm³/mol. The van der Waals surface area contributed by atoms with Crippen molar-refractivity contribution in [2.24, 2.45) is 5.92 Å². The summed E-state index contributed by atoms with van der Waals surface area (Å²) in [4.78, 5) is 39.2. The van der Waals surface area contributed by atoms with Crippen LogP contribution in [0.25, 0.3) is 6.08 Å². The van der Waals surface area contributed by atoms with Gasteiger partial charge in [-0.3, -0.25) is 19.7 Å². The van der Waals surface area contributed by atoms with Crippen molar-refractivity contribution in [3.8, 4) is 0 Å². The van der Waals surface area contributed by atoms with Crippen LogP contribution < -0.4 is 0 Å². The van der Waals surface area contributed by atoms with Crippen LogP contribution in [-0.4, -0.2) is 41.4 Å². The lowest BCUT2D eigenvalue weighted by atomic mass is 9.98. The Kier molecular flexibility index (Phi) is 8.87. The Morgan fingerprint density at radius 2 is 2.00 bits per heavy atom. The Morgan fingerprint density at radius 3 is 2.71 bits per heavy atom. The van der Waals surface area contributed by atoms with Crippen LogP contribution in [0.5, 0.6) is 0 Å². The molecular formula is C26H30N2O5S. The first-order chi connectivity index (χ1) is 16.3. The lowest BCUT2D eigenvalue weighted by molar-refractivity contribution is -0.387. The molecule has 1 saturated heterocycles. The van der Waals surface area contributed by atoms with E-state index in [2.05, 4.69) is 13.8 Å². The fraction of sp³-hybridized carbons (Fsp3) is 0.385. The summed E-state index contributed by atoms with van der Waals surface area (Å²) in [6, 6.07) is 12.9. The molecule has 0 aliphatic carbocycles. The predicted octanol–water partition coefficient (Wildman–Crippen LogP) is 5.68. The molecule has 2 aromatic carbocycles. The van der Waals surface area contributed by atoms with E-state index in [4.69, 9.17) is 4.74 Å². The molecule has 0 radical (unpaired) electrons. The smallest absolute Gasteiger partial charge is 0.310 e. The summed E-state index contributed by atoms with van der Waals surface area (Å²) in [6.07, 6.45) is 4.43. The van der Waals surface area contributed by atoms with Crippen molar-refractivity contribution in [1.82, 2.24) is 4.90 Å². The van der Waals surface area contributed by atoms with Crippen molar-refractivity contribution >= 4 is 35.4 Å². The number of nitrogens with zero attached hydrogens (tertiary/aromatic N) is 2. The molecule has 2 aromatic rings. The summed E-state index contributed by atoms with van der Waals surface area (Å²) in [5.74, 6) is -0.501. The topological polar surface area (TPSA) is 89.8 Å². The van der Waals surface area contributed by atoms with Crippen molar-refractivity contribution in [2.45, 2.75) is 49.3 Å². The molecule has 1 unspecified atom stereocenters. The maximum absolute atomic E-state index is 12.7. The SMILES string of the molecule is CCOC(=O)C1CCCN(C(=O)/C=C/c2ccc(Sc3ccccc3C(C)C)c([N+](=O)[O-])c2)C1. The number of benzene rings is 2. The van der Waals surface area contributed by atoms with Gasteiger partial charge in [-0.15, -0.1) is 0 Å². The highest BCUT2D eigenvalue weighted by Crippen LogP contribution is 2.39. The van der Waals surface area contributed by atoms with E-state index < -0.39 is 4.92 Å². The molecule has 1 atom stereocenters. The molecule has 1 amide bonds. The van der Waals surface area contributed by atoms with Gasteiger partial charge in [0.1, 0.15) is 0 Å². The van der Waals surface area contributed by atoms with Crippen molar-refractivity contribution < 1.29 is 19.2 Å². The highest BCUT2D eigenvalue weighted by Gasteiger charge is 2.28. The molecule has 0 saturated carbocycles. The van der Waals surface area contributed by atoms with Crippen LogP contribution in [-0.2, 0) is 14.3 Å². The summed E-state index contributed by atoms with van der Waals surface area (Å²) in [7, 11) is 0. The summed E-state index contributed by atoms with van der Waals surface area (Å²) in [5, 5.41) is 11.8. The zero-order valence-corrected chi connectivity index (χ0v) is 20.5. The molecule has 34 heavy (non-hydrogen) atoms. The van der Waals surface area contributed by atoms with E-state index >= 15 is 0 Å². The molecule has 0 bridgehead atoms. The number of hydrogen-bond acceptors (Lipinski definition) is 6. The third-order valence-corrected chi connectivity index (χ3v) is 6.87. The number of carbonyl (C=O) groups is 2. The molecule has 0 spiro atoms. The van der Waals surface area contributed by atoms with Crippen LogP contribution >= 0.6 is 11.8 Å². The Labute approximate surface area is 204 Å². The van der Waals surface area contributed by atoms with Crippen LogP contribution in [0.1, 0.15) is 50.7 Å². The number of ether oxygens (including phenoxy) is 1. The zero-order chi connectivity index (χ0) is 24.7. The minimum Gasteiger partial charge on any atom is -0.466 e. The number of rotatable bonds is 8. The van der Waals surface area contributed by atoms with Gasteiger partial charge < -0.3 is 9.64 Å². The Balaban J connectivity index is 1.74. The third-order valence-electron chi connectivity index (χ3n) is 5.71. The van der Waals surface area contributed by atoms with Gasteiger partial charge in [0, 0.05) is 30.1 Å². The number of likely N-dealkylation sites (tertiary alicyclic amines) is 1. The van der Waals surface area contributed by atoms with Crippen molar-refractivity contribution in [1.29, 1.82) is 0 Å². The van der Waals surface area contributed by atoms with Crippen LogP contribution in [0.2, 0.25) is 0 Å². The van der Waals surface area contributed by atoms with Gasteiger partial charge in [-0.1, -0.05) is 49.9 Å². The first kappa shape index (κ1) is 25.5. The Morgan fingerprint density at radius 1 is 1.24 bits per heavy atom. The van der Waals surface area contributed by atoms with Gasteiger partial charge in [-0.2, -0.15) is 0 Å². The van der Waals surface area contributed by atoms with Crippen LogP contribution in [0.3, 0.4) is 0 Å². The summed E-state index contributed by atoms with van der Waals surface area (Å²) < 4.78 is 5.09. The molecule has 1 aliphatic rings. The number of carbonyl (C=O) groups excluding carboxylic acids is 2. The number of nitro benzene ring substituents is 1. The van der Waals surface area contributed by atoms with E-state index in [0.29, 0.717) is 42.5 Å². The molecular weight excluding hydrogens is 452 g/mol.